The Kier molecular flexibility index (Phi) is 3.89. The molecule has 1 aromatic rings. The molecule has 16 heavy (non-hydrogen) atoms. The van der Waals surface area contributed by atoms with Crippen LogP contribution in [0.4, 0.5) is 6.01 Å². The third-order valence-electron chi connectivity index (χ3n) is 2.75. The van der Waals surface area contributed by atoms with Crippen LogP contribution >= 0.6 is 0 Å². The number of aliphatic hydroxyl groups is 1. The lowest BCUT2D eigenvalue weighted by Gasteiger charge is -2.29. The molecule has 1 rings (SSSR count). The molecule has 0 aliphatic heterocycles. The van der Waals surface area contributed by atoms with E-state index in [-0.39, 0.29) is 18.3 Å². The number of nitrogens with one attached hydrogen (secondary N) is 1. The first-order valence-corrected chi connectivity index (χ1v) is 5.14. The highest BCUT2D eigenvalue weighted by atomic mass is 16.4. The molecule has 0 bridgehead atoms. The molecule has 0 amide bonds. The number of hydrogen-bond donors (Lipinski definition) is 3. The van der Waals surface area contributed by atoms with Crippen LogP contribution in [0.25, 0.3) is 0 Å². The van der Waals surface area contributed by atoms with Crippen molar-refractivity contribution in [2.75, 3.05) is 11.9 Å². The van der Waals surface area contributed by atoms with E-state index >= 15 is 0 Å². The quantitative estimate of drug-likeness (QED) is 0.680. The second-order valence-electron chi connectivity index (χ2n) is 3.61. The maximum atomic E-state index is 10.6. The van der Waals surface area contributed by atoms with E-state index in [9.17, 15) is 9.90 Å². The smallest absolute Gasteiger partial charge is 0.357 e. The minimum atomic E-state index is -1.14. The lowest BCUT2D eigenvalue weighted by Crippen LogP contribution is -2.40. The fraction of sp³-hybridized carbons (Fsp3) is 0.600. The predicted molar refractivity (Wildman–Crippen MR) is 57.5 cm³/mol. The Morgan fingerprint density at radius 3 is 2.56 bits per heavy atom. The average Bonchev–Trinajstić information content (AvgIpc) is 2.74. The number of hydrogen-bond acceptors (Lipinski definition) is 5. The van der Waals surface area contributed by atoms with Gasteiger partial charge in [0.05, 0.1) is 12.1 Å². The molecular weight excluding hydrogens is 212 g/mol. The van der Waals surface area contributed by atoms with Crippen LogP contribution in [0, 0.1) is 0 Å². The van der Waals surface area contributed by atoms with Gasteiger partial charge in [-0.15, -0.1) is 0 Å². The van der Waals surface area contributed by atoms with Crippen LogP contribution in [0.5, 0.6) is 0 Å². The number of rotatable bonds is 6. The molecule has 6 heteroatoms. The van der Waals surface area contributed by atoms with Crippen molar-refractivity contribution in [3.63, 3.8) is 0 Å². The van der Waals surface area contributed by atoms with E-state index in [2.05, 4.69) is 10.3 Å². The molecule has 0 saturated carbocycles. The molecule has 90 valence electrons. The maximum Gasteiger partial charge on any atom is 0.357 e. The standard InChI is InChI=1S/C10H16N2O4/c1-3-10(4-2,6-13)12-9-11-7(5-16-9)8(14)15/h5,13H,3-4,6H2,1-2H3,(H,11,12)(H,14,15). The molecule has 1 heterocycles. The summed E-state index contributed by atoms with van der Waals surface area (Å²) in [5.41, 5.74) is -0.665. The highest BCUT2D eigenvalue weighted by molar-refractivity contribution is 5.85. The number of oxazole rings is 1. The van der Waals surface area contributed by atoms with Crippen LogP contribution < -0.4 is 5.32 Å². The number of nitrogens with zero attached hydrogens (tertiary/aromatic N) is 1. The minimum Gasteiger partial charge on any atom is -0.476 e. The van der Waals surface area contributed by atoms with Crippen molar-refractivity contribution in [1.82, 2.24) is 4.98 Å². The third-order valence-corrected chi connectivity index (χ3v) is 2.75. The topological polar surface area (TPSA) is 95.6 Å². The summed E-state index contributed by atoms with van der Waals surface area (Å²) in [5, 5.41) is 20.9. The number of carbonyl (C=O) groups is 1. The largest absolute Gasteiger partial charge is 0.476 e. The van der Waals surface area contributed by atoms with Gasteiger partial charge in [0.2, 0.25) is 0 Å². The van der Waals surface area contributed by atoms with Crippen LogP contribution in [0.15, 0.2) is 10.7 Å². The molecular formula is C10H16N2O4. The van der Waals surface area contributed by atoms with E-state index in [0.717, 1.165) is 6.26 Å². The van der Waals surface area contributed by atoms with Crippen molar-refractivity contribution in [2.24, 2.45) is 0 Å². The zero-order valence-corrected chi connectivity index (χ0v) is 9.36. The first-order chi connectivity index (χ1) is 7.56. The summed E-state index contributed by atoms with van der Waals surface area (Å²) < 4.78 is 4.97. The Balaban J connectivity index is 2.81. The lowest BCUT2D eigenvalue weighted by molar-refractivity contribution is 0.0690. The number of anilines is 1. The van der Waals surface area contributed by atoms with Crippen molar-refractivity contribution in [2.45, 2.75) is 32.2 Å². The summed E-state index contributed by atoms with van der Waals surface area (Å²) in [5.74, 6) is -1.14. The molecule has 0 saturated heterocycles. The maximum absolute atomic E-state index is 10.6. The van der Waals surface area contributed by atoms with Gasteiger partial charge in [0.25, 0.3) is 6.01 Å². The molecule has 0 unspecified atom stereocenters. The summed E-state index contributed by atoms with van der Waals surface area (Å²) in [6.07, 6.45) is 2.44. The van der Waals surface area contributed by atoms with Gasteiger partial charge in [-0.1, -0.05) is 13.8 Å². The predicted octanol–water partition coefficient (Wildman–Crippen LogP) is 1.34. The summed E-state index contributed by atoms with van der Waals surface area (Å²) in [4.78, 5) is 14.3. The molecule has 3 N–H and O–H groups in total. The zero-order chi connectivity index (χ0) is 12.2. The van der Waals surface area contributed by atoms with E-state index in [1.165, 1.54) is 0 Å². The molecule has 1 aromatic heterocycles. The Bertz CT molecular complexity index is 349. The lowest BCUT2D eigenvalue weighted by atomic mass is 9.94. The first-order valence-electron chi connectivity index (χ1n) is 5.14. The van der Waals surface area contributed by atoms with Gasteiger partial charge >= 0.3 is 5.97 Å². The van der Waals surface area contributed by atoms with Gasteiger partial charge in [-0.25, -0.2) is 4.79 Å². The Morgan fingerprint density at radius 2 is 2.19 bits per heavy atom. The van der Waals surface area contributed by atoms with Gasteiger partial charge in [-0.2, -0.15) is 4.98 Å². The van der Waals surface area contributed by atoms with Gasteiger partial charge in [0, 0.05) is 0 Å². The van der Waals surface area contributed by atoms with E-state index in [1.807, 2.05) is 13.8 Å². The van der Waals surface area contributed by atoms with Crippen LogP contribution in [0.1, 0.15) is 37.2 Å². The molecule has 6 nitrogen and oxygen atoms in total. The van der Waals surface area contributed by atoms with Crippen LogP contribution in [0.3, 0.4) is 0 Å². The Labute approximate surface area is 93.3 Å². The molecule has 0 fully saturated rings. The highest BCUT2D eigenvalue weighted by Crippen LogP contribution is 2.21. The SMILES string of the molecule is CCC(CC)(CO)Nc1nc(C(=O)O)co1. The van der Waals surface area contributed by atoms with Gasteiger partial charge in [0.15, 0.2) is 5.69 Å². The molecule has 0 aromatic carbocycles. The Morgan fingerprint density at radius 1 is 1.56 bits per heavy atom. The van der Waals surface area contributed by atoms with E-state index in [1.54, 1.807) is 0 Å². The molecule has 0 aliphatic rings. The molecule has 0 spiro atoms. The van der Waals surface area contributed by atoms with Gasteiger partial charge < -0.3 is 19.9 Å². The summed E-state index contributed by atoms with van der Waals surface area (Å²) in [6, 6.07) is 0.121. The van der Waals surface area contributed by atoms with E-state index in [4.69, 9.17) is 9.52 Å². The van der Waals surface area contributed by atoms with Crippen LogP contribution in [0.2, 0.25) is 0 Å². The Hall–Kier alpha value is -1.56. The highest BCUT2D eigenvalue weighted by Gasteiger charge is 2.27. The van der Waals surface area contributed by atoms with E-state index < -0.39 is 11.5 Å². The van der Waals surface area contributed by atoms with Crippen molar-refractivity contribution in [3.8, 4) is 0 Å². The normalized spacial score (nSPS) is 11.4. The van der Waals surface area contributed by atoms with Crippen molar-refractivity contribution in [1.29, 1.82) is 0 Å². The second-order valence-corrected chi connectivity index (χ2v) is 3.61. The number of aliphatic hydroxyl groups excluding tert-OH is 1. The number of carboxylic acid groups (broad SMARTS) is 1. The third kappa shape index (κ3) is 2.52. The van der Waals surface area contributed by atoms with Gasteiger partial charge in [-0.05, 0) is 12.8 Å². The first kappa shape index (κ1) is 12.5. The van der Waals surface area contributed by atoms with Crippen LogP contribution in [-0.4, -0.2) is 33.3 Å². The van der Waals surface area contributed by atoms with E-state index in [0.29, 0.717) is 12.8 Å². The number of carboxylic acids is 1. The molecule has 0 atom stereocenters. The van der Waals surface area contributed by atoms with Crippen molar-refractivity contribution < 1.29 is 19.4 Å². The van der Waals surface area contributed by atoms with Crippen LogP contribution in [-0.2, 0) is 0 Å². The van der Waals surface area contributed by atoms with Crippen molar-refractivity contribution in [3.05, 3.63) is 12.0 Å². The molecule has 0 radical (unpaired) electrons. The zero-order valence-electron chi connectivity index (χ0n) is 9.36. The van der Waals surface area contributed by atoms with Gasteiger partial charge in [0.1, 0.15) is 6.26 Å². The number of aromatic nitrogens is 1. The number of aromatic carboxylic acids is 1. The summed E-state index contributed by atoms with van der Waals surface area (Å²) >= 11 is 0. The summed E-state index contributed by atoms with van der Waals surface area (Å²) in [6.45, 7) is 3.78. The van der Waals surface area contributed by atoms with Gasteiger partial charge in [-0.3, -0.25) is 0 Å². The molecule has 0 aliphatic carbocycles. The second kappa shape index (κ2) is 4.98. The monoisotopic (exact) mass is 228 g/mol. The summed E-state index contributed by atoms with van der Waals surface area (Å²) in [7, 11) is 0. The minimum absolute atomic E-state index is 0.0647. The average molecular weight is 228 g/mol. The fourth-order valence-electron chi connectivity index (χ4n) is 1.35. The fourth-order valence-corrected chi connectivity index (χ4v) is 1.35. The van der Waals surface area contributed by atoms with Crippen molar-refractivity contribution >= 4 is 12.0 Å².